The minimum absolute atomic E-state index is 0.234. The zero-order valence-corrected chi connectivity index (χ0v) is 10.1. The second-order valence-electron chi connectivity index (χ2n) is 4.25. The average molecular weight is 230 g/mol. The van der Waals surface area contributed by atoms with Crippen molar-refractivity contribution in [2.75, 3.05) is 0 Å². The summed E-state index contributed by atoms with van der Waals surface area (Å²) in [6.45, 7) is 3.97. The van der Waals surface area contributed by atoms with Gasteiger partial charge in [-0.05, 0) is 26.0 Å². The molecule has 0 aliphatic carbocycles. The molecule has 4 nitrogen and oxygen atoms in total. The van der Waals surface area contributed by atoms with Crippen LogP contribution in [0.25, 0.3) is 11.3 Å². The highest BCUT2D eigenvalue weighted by atomic mass is 16.4. The van der Waals surface area contributed by atoms with Gasteiger partial charge in [0, 0.05) is 18.8 Å². The van der Waals surface area contributed by atoms with Gasteiger partial charge in [-0.25, -0.2) is 4.79 Å². The molecule has 0 bridgehead atoms. The van der Waals surface area contributed by atoms with E-state index in [9.17, 15) is 4.79 Å². The van der Waals surface area contributed by atoms with Crippen LogP contribution in [0.5, 0.6) is 0 Å². The minimum atomic E-state index is -0.952. The fourth-order valence-electron chi connectivity index (χ4n) is 1.97. The molecule has 2 rings (SSSR count). The van der Waals surface area contributed by atoms with Gasteiger partial charge in [0.15, 0.2) is 0 Å². The summed E-state index contributed by atoms with van der Waals surface area (Å²) >= 11 is 0. The lowest BCUT2D eigenvalue weighted by atomic mass is 10.0. The summed E-state index contributed by atoms with van der Waals surface area (Å²) in [4.78, 5) is 11.1. The van der Waals surface area contributed by atoms with Gasteiger partial charge in [-0.15, -0.1) is 0 Å². The first-order valence-corrected chi connectivity index (χ1v) is 5.33. The molecule has 0 aliphatic heterocycles. The molecule has 1 aromatic carbocycles. The molecule has 0 saturated carbocycles. The van der Waals surface area contributed by atoms with Crippen molar-refractivity contribution in [1.82, 2.24) is 9.78 Å². The SMILES string of the molecule is Cc1cc(C)cc(-c2nn(C)cc2C(=O)O)c1. The third-order valence-electron chi connectivity index (χ3n) is 2.55. The molecule has 0 spiro atoms. The first-order valence-electron chi connectivity index (χ1n) is 5.33. The number of aryl methyl sites for hydroxylation is 3. The Hall–Kier alpha value is -2.10. The molecule has 88 valence electrons. The molecule has 4 heteroatoms. The molecular weight excluding hydrogens is 216 g/mol. The van der Waals surface area contributed by atoms with Gasteiger partial charge in [-0.2, -0.15) is 5.10 Å². The number of carbonyl (C=O) groups is 1. The number of carboxylic acid groups (broad SMARTS) is 1. The molecule has 17 heavy (non-hydrogen) atoms. The summed E-state index contributed by atoms with van der Waals surface area (Å²) in [5.41, 5.74) is 3.80. The lowest BCUT2D eigenvalue weighted by Crippen LogP contribution is -1.97. The second kappa shape index (κ2) is 4.05. The van der Waals surface area contributed by atoms with Crippen molar-refractivity contribution in [3.05, 3.63) is 41.1 Å². The van der Waals surface area contributed by atoms with Gasteiger partial charge in [0.1, 0.15) is 11.3 Å². The van der Waals surface area contributed by atoms with Crippen molar-refractivity contribution in [1.29, 1.82) is 0 Å². The van der Waals surface area contributed by atoms with E-state index in [4.69, 9.17) is 5.11 Å². The summed E-state index contributed by atoms with van der Waals surface area (Å²) in [6.07, 6.45) is 1.52. The van der Waals surface area contributed by atoms with Crippen LogP contribution in [0.15, 0.2) is 24.4 Å². The van der Waals surface area contributed by atoms with E-state index in [1.807, 2.05) is 32.0 Å². The molecule has 0 aliphatic rings. The molecule has 1 heterocycles. The van der Waals surface area contributed by atoms with E-state index in [1.165, 1.54) is 10.9 Å². The molecule has 1 aromatic heterocycles. The summed E-state index contributed by atoms with van der Waals surface area (Å²) < 4.78 is 1.52. The Morgan fingerprint density at radius 3 is 2.35 bits per heavy atom. The lowest BCUT2D eigenvalue weighted by molar-refractivity contribution is 0.0697. The van der Waals surface area contributed by atoms with Crippen LogP contribution < -0.4 is 0 Å². The monoisotopic (exact) mass is 230 g/mol. The first-order chi connectivity index (χ1) is 7.97. The van der Waals surface area contributed by atoms with Crippen LogP contribution in [0.2, 0.25) is 0 Å². The molecule has 0 amide bonds. The molecule has 0 fully saturated rings. The second-order valence-corrected chi connectivity index (χ2v) is 4.25. The normalized spacial score (nSPS) is 10.5. The molecule has 0 atom stereocenters. The van der Waals surface area contributed by atoms with Gasteiger partial charge in [-0.1, -0.05) is 17.2 Å². The lowest BCUT2D eigenvalue weighted by Gasteiger charge is -2.03. The van der Waals surface area contributed by atoms with Crippen molar-refractivity contribution in [3.63, 3.8) is 0 Å². The van der Waals surface area contributed by atoms with E-state index >= 15 is 0 Å². The maximum atomic E-state index is 11.1. The van der Waals surface area contributed by atoms with Crippen LogP contribution in [-0.4, -0.2) is 20.9 Å². The number of aromatic nitrogens is 2. The fraction of sp³-hybridized carbons (Fsp3) is 0.231. The Balaban J connectivity index is 2.63. The number of aromatic carboxylic acids is 1. The van der Waals surface area contributed by atoms with E-state index in [-0.39, 0.29) is 5.56 Å². The number of benzene rings is 1. The van der Waals surface area contributed by atoms with Crippen molar-refractivity contribution in [2.24, 2.45) is 7.05 Å². The highest BCUT2D eigenvalue weighted by molar-refractivity contribution is 5.94. The summed E-state index contributed by atoms with van der Waals surface area (Å²) in [5, 5.41) is 13.3. The van der Waals surface area contributed by atoms with Gasteiger partial charge in [-0.3, -0.25) is 4.68 Å². The van der Waals surface area contributed by atoms with Gasteiger partial charge < -0.3 is 5.11 Å². The molecule has 0 unspecified atom stereocenters. The Labute approximate surface area is 99.5 Å². The maximum absolute atomic E-state index is 11.1. The summed E-state index contributed by atoms with van der Waals surface area (Å²) in [6, 6.07) is 5.94. The average Bonchev–Trinajstić information content (AvgIpc) is 2.59. The first kappa shape index (κ1) is 11.4. The Morgan fingerprint density at radius 2 is 1.82 bits per heavy atom. The molecule has 0 radical (unpaired) electrons. The number of hydrogen-bond acceptors (Lipinski definition) is 2. The Morgan fingerprint density at radius 1 is 1.24 bits per heavy atom. The van der Waals surface area contributed by atoms with E-state index < -0.39 is 5.97 Å². The van der Waals surface area contributed by atoms with Crippen molar-refractivity contribution >= 4 is 5.97 Å². The largest absolute Gasteiger partial charge is 0.478 e. The molecular formula is C13H14N2O2. The summed E-state index contributed by atoms with van der Waals surface area (Å²) in [7, 11) is 1.72. The minimum Gasteiger partial charge on any atom is -0.478 e. The number of hydrogen-bond donors (Lipinski definition) is 1. The van der Waals surface area contributed by atoms with Crippen molar-refractivity contribution in [3.8, 4) is 11.3 Å². The maximum Gasteiger partial charge on any atom is 0.339 e. The fourth-order valence-corrected chi connectivity index (χ4v) is 1.97. The van der Waals surface area contributed by atoms with Crippen LogP contribution in [0, 0.1) is 13.8 Å². The Bertz CT molecular complexity index is 565. The Kier molecular flexibility index (Phi) is 2.71. The number of nitrogens with zero attached hydrogens (tertiary/aromatic N) is 2. The zero-order chi connectivity index (χ0) is 12.6. The van der Waals surface area contributed by atoms with Gasteiger partial charge in [0.25, 0.3) is 0 Å². The standard InChI is InChI=1S/C13H14N2O2/c1-8-4-9(2)6-10(5-8)12-11(13(16)17)7-15(3)14-12/h4-7H,1-3H3,(H,16,17). The van der Waals surface area contributed by atoms with Gasteiger partial charge in [0.2, 0.25) is 0 Å². The van der Waals surface area contributed by atoms with Crippen LogP contribution in [0.4, 0.5) is 0 Å². The van der Waals surface area contributed by atoms with Gasteiger partial charge >= 0.3 is 5.97 Å². The molecule has 1 N–H and O–H groups in total. The number of rotatable bonds is 2. The van der Waals surface area contributed by atoms with E-state index in [1.54, 1.807) is 7.05 Å². The number of carboxylic acids is 1. The van der Waals surface area contributed by atoms with Gasteiger partial charge in [0.05, 0.1) is 0 Å². The van der Waals surface area contributed by atoms with Crippen molar-refractivity contribution < 1.29 is 9.90 Å². The van der Waals surface area contributed by atoms with Crippen LogP contribution in [0.3, 0.4) is 0 Å². The highest BCUT2D eigenvalue weighted by Gasteiger charge is 2.16. The summed E-state index contributed by atoms with van der Waals surface area (Å²) in [5.74, 6) is -0.952. The van der Waals surface area contributed by atoms with E-state index in [2.05, 4.69) is 5.10 Å². The molecule has 2 aromatic rings. The van der Waals surface area contributed by atoms with E-state index in [0.717, 1.165) is 16.7 Å². The third kappa shape index (κ3) is 2.20. The predicted molar refractivity (Wildman–Crippen MR) is 65.1 cm³/mol. The topological polar surface area (TPSA) is 55.1 Å². The highest BCUT2D eigenvalue weighted by Crippen LogP contribution is 2.24. The van der Waals surface area contributed by atoms with E-state index in [0.29, 0.717) is 5.69 Å². The van der Waals surface area contributed by atoms with Crippen molar-refractivity contribution in [2.45, 2.75) is 13.8 Å². The predicted octanol–water partition coefficient (Wildman–Crippen LogP) is 2.40. The van der Waals surface area contributed by atoms with Crippen LogP contribution in [-0.2, 0) is 7.05 Å². The third-order valence-corrected chi connectivity index (χ3v) is 2.55. The quantitative estimate of drug-likeness (QED) is 0.861. The van der Waals surface area contributed by atoms with Crippen LogP contribution in [0.1, 0.15) is 21.5 Å². The molecule has 0 saturated heterocycles. The van der Waals surface area contributed by atoms with Crippen LogP contribution >= 0.6 is 0 Å². The zero-order valence-electron chi connectivity index (χ0n) is 10.1. The smallest absolute Gasteiger partial charge is 0.339 e.